The number of hydrogen-bond donors (Lipinski definition) is 2. The van der Waals surface area contributed by atoms with Crippen molar-refractivity contribution >= 4 is 5.69 Å². The van der Waals surface area contributed by atoms with Crippen LogP contribution in [0.3, 0.4) is 0 Å². The third-order valence-electron chi connectivity index (χ3n) is 4.23. The molecule has 2 atom stereocenters. The van der Waals surface area contributed by atoms with Crippen molar-refractivity contribution in [1.82, 2.24) is 0 Å². The first-order chi connectivity index (χ1) is 11.2. The van der Waals surface area contributed by atoms with E-state index in [1.807, 2.05) is 12.2 Å². The van der Waals surface area contributed by atoms with Crippen molar-refractivity contribution in [3.63, 3.8) is 0 Å². The van der Waals surface area contributed by atoms with Crippen LogP contribution in [0.5, 0.6) is 0 Å². The fourth-order valence-electron chi connectivity index (χ4n) is 2.97. The van der Waals surface area contributed by atoms with E-state index in [0.29, 0.717) is 0 Å². The standard InChI is InChI=1S/C20H25N3/c1-2-3-4-15-5-9-18(10-6-15)23(19-11-7-16(21)13-19)20-12-8-17(22)14-20/h5-14,16-17H,2-4,21-22H2,1H3. The van der Waals surface area contributed by atoms with Gasteiger partial charge in [0.15, 0.2) is 0 Å². The van der Waals surface area contributed by atoms with Crippen molar-refractivity contribution in [2.45, 2.75) is 38.3 Å². The van der Waals surface area contributed by atoms with Gasteiger partial charge in [0.1, 0.15) is 0 Å². The van der Waals surface area contributed by atoms with E-state index >= 15 is 0 Å². The quantitative estimate of drug-likeness (QED) is 0.847. The van der Waals surface area contributed by atoms with Crippen LogP contribution < -0.4 is 16.4 Å². The zero-order valence-corrected chi connectivity index (χ0v) is 13.7. The normalized spacial score (nSPS) is 22.4. The second kappa shape index (κ2) is 6.99. The fourth-order valence-corrected chi connectivity index (χ4v) is 2.97. The molecule has 3 nitrogen and oxygen atoms in total. The van der Waals surface area contributed by atoms with Gasteiger partial charge in [0, 0.05) is 29.2 Å². The summed E-state index contributed by atoms with van der Waals surface area (Å²) >= 11 is 0. The lowest BCUT2D eigenvalue weighted by molar-refractivity contribution is 0.795. The number of unbranched alkanes of at least 4 members (excludes halogenated alkanes) is 1. The molecule has 0 aromatic heterocycles. The van der Waals surface area contributed by atoms with E-state index in [-0.39, 0.29) is 12.1 Å². The van der Waals surface area contributed by atoms with Gasteiger partial charge in [-0.25, -0.2) is 0 Å². The molecule has 0 saturated heterocycles. The number of anilines is 1. The minimum atomic E-state index is -0.0176. The number of nitrogens with zero attached hydrogens (tertiary/aromatic N) is 1. The van der Waals surface area contributed by atoms with Crippen molar-refractivity contribution in [1.29, 1.82) is 0 Å². The predicted molar refractivity (Wildman–Crippen MR) is 97.9 cm³/mol. The van der Waals surface area contributed by atoms with Crippen LogP contribution in [-0.2, 0) is 6.42 Å². The van der Waals surface area contributed by atoms with Crippen LogP contribution in [0.25, 0.3) is 0 Å². The molecule has 2 unspecified atom stereocenters. The second-order valence-corrected chi connectivity index (χ2v) is 6.16. The number of aryl methyl sites for hydroxylation is 1. The number of nitrogens with two attached hydrogens (primary N) is 2. The zero-order chi connectivity index (χ0) is 16.2. The molecule has 23 heavy (non-hydrogen) atoms. The lowest BCUT2D eigenvalue weighted by Crippen LogP contribution is -2.21. The first-order valence-electron chi connectivity index (χ1n) is 8.37. The summed E-state index contributed by atoms with van der Waals surface area (Å²) in [6.45, 7) is 2.22. The summed E-state index contributed by atoms with van der Waals surface area (Å²) in [5.74, 6) is 0. The highest BCUT2D eigenvalue weighted by Gasteiger charge is 2.20. The van der Waals surface area contributed by atoms with E-state index in [9.17, 15) is 0 Å². The molecule has 2 aliphatic rings. The van der Waals surface area contributed by atoms with Crippen LogP contribution in [0, 0.1) is 0 Å². The van der Waals surface area contributed by atoms with Crippen LogP contribution in [0.2, 0.25) is 0 Å². The number of hydrogen-bond acceptors (Lipinski definition) is 3. The maximum atomic E-state index is 5.99. The Bertz CT molecular complexity index is 631. The van der Waals surface area contributed by atoms with Gasteiger partial charge in [-0.1, -0.05) is 37.6 Å². The topological polar surface area (TPSA) is 55.3 Å². The Morgan fingerprint density at radius 1 is 0.913 bits per heavy atom. The summed E-state index contributed by atoms with van der Waals surface area (Å²) < 4.78 is 0. The number of rotatable bonds is 6. The third kappa shape index (κ3) is 3.63. The average Bonchev–Trinajstić information content (AvgIpc) is 3.16. The molecule has 3 heteroatoms. The molecule has 0 aliphatic heterocycles. The van der Waals surface area contributed by atoms with Crippen LogP contribution in [-0.4, -0.2) is 12.1 Å². The molecule has 0 bridgehead atoms. The molecule has 4 N–H and O–H groups in total. The number of benzene rings is 1. The highest BCUT2D eigenvalue weighted by molar-refractivity contribution is 5.65. The van der Waals surface area contributed by atoms with Crippen molar-refractivity contribution in [3.05, 3.63) is 77.7 Å². The van der Waals surface area contributed by atoms with E-state index < -0.39 is 0 Å². The van der Waals surface area contributed by atoms with Gasteiger partial charge < -0.3 is 16.4 Å². The fraction of sp³-hybridized carbons (Fsp3) is 0.300. The van der Waals surface area contributed by atoms with Crippen LogP contribution in [0.4, 0.5) is 5.69 Å². The maximum absolute atomic E-state index is 5.99. The molecule has 0 amide bonds. The summed E-state index contributed by atoms with van der Waals surface area (Å²) in [7, 11) is 0. The molecule has 1 aromatic rings. The Morgan fingerprint density at radius 2 is 1.48 bits per heavy atom. The van der Waals surface area contributed by atoms with Crippen molar-refractivity contribution in [2.75, 3.05) is 4.90 Å². The van der Waals surface area contributed by atoms with E-state index in [1.54, 1.807) is 0 Å². The van der Waals surface area contributed by atoms with Gasteiger partial charge in [-0.3, -0.25) is 0 Å². The molecule has 120 valence electrons. The second-order valence-electron chi connectivity index (χ2n) is 6.16. The smallest absolute Gasteiger partial charge is 0.0461 e. The van der Waals surface area contributed by atoms with Crippen LogP contribution in [0.1, 0.15) is 25.3 Å². The van der Waals surface area contributed by atoms with E-state index in [1.165, 1.54) is 18.4 Å². The van der Waals surface area contributed by atoms with Crippen LogP contribution in [0.15, 0.2) is 72.1 Å². The van der Waals surface area contributed by atoms with Crippen molar-refractivity contribution in [3.8, 4) is 0 Å². The third-order valence-corrected chi connectivity index (χ3v) is 4.23. The highest BCUT2D eigenvalue weighted by Crippen LogP contribution is 2.30. The van der Waals surface area contributed by atoms with E-state index in [4.69, 9.17) is 11.5 Å². The van der Waals surface area contributed by atoms with E-state index in [2.05, 4.69) is 60.4 Å². The summed E-state index contributed by atoms with van der Waals surface area (Å²) in [6, 6.07) is 8.77. The first-order valence-corrected chi connectivity index (χ1v) is 8.37. The predicted octanol–water partition coefficient (Wildman–Crippen LogP) is 3.40. The minimum absolute atomic E-state index is 0.0176. The molecule has 0 heterocycles. The molecular weight excluding hydrogens is 282 g/mol. The SMILES string of the molecule is CCCCc1ccc(N(C2=CC(N)C=C2)C2=CC(N)C=C2)cc1. The largest absolute Gasteiger partial charge is 0.321 e. The maximum Gasteiger partial charge on any atom is 0.0461 e. The summed E-state index contributed by atoms with van der Waals surface area (Å²) in [5, 5.41) is 0. The van der Waals surface area contributed by atoms with E-state index in [0.717, 1.165) is 23.5 Å². The first kappa shape index (κ1) is 15.8. The van der Waals surface area contributed by atoms with Gasteiger partial charge in [-0.15, -0.1) is 0 Å². The Kier molecular flexibility index (Phi) is 4.79. The van der Waals surface area contributed by atoms with Crippen molar-refractivity contribution < 1.29 is 0 Å². The van der Waals surface area contributed by atoms with Gasteiger partial charge in [0.2, 0.25) is 0 Å². The lowest BCUT2D eigenvalue weighted by Gasteiger charge is -2.26. The summed E-state index contributed by atoms with van der Waals surface area (Å²) in [5.41, 5.74) is 16.7. The van der Waals surface area contributed by atoms with Gasteiger partial charge in [0.25, 0.3) is 0 Å². The number of allylic oxidation sites excluding steroid dienone is 2. The van der Waals surface area contributed by atoms with Gasteiger partial charge in [-0.2, -0.15) is 0 Å². The summed E-state index contributed by atoms with van der Waals surface area (Å²) in [6.07, 6.45) is 15.9. The molecular formula is C20H25N3. The van der Waals surface area contributed by atoms with Crippen molar-refractivity contribution in [2.24, 2.45) is 11.5 Å². The molecule has 0 radical (unpaired) electrons. The summed E-state index contributed by atoms with van der Waals surface area (Å²) in [4.78, 5) is 2.22. The molecule has 0 fully saturated rings. The Morgan fingerprint density at radius 3 is 1.91 bits per heavy atom. The molecule has 2 aliphatic carbocycles. The Balaban J connectivity index is 1.90. The Labute approximate surface area is 138 Å². The van der Waals surface area contributed by atoms with Crippen LogP contribution >= 0.6 is 0 Å². The Hall–Kier alpha value is -2.10. The zero-order valence-electron chi connectivity index (χ0n) is 13.7. The molecule has 3 rings (SSSR count). The van der Waals surface area contributed by atoms with Gasteiger partial charge >= 0.3 is 0 Å². The molecule has 1 aromatic carbocycles. The highest BCUT2D eigenvalue weighted by atomic mass is 15.2. The van der Waals surface area contributed by atoms with Gasteiger partial charge in [0.05, 0.1) is 0 Å². The molecule has 0 spiro atoms. The molecule has 0 saturated carbocycles. The minimum Gasteiger partial charge on any atom is -0.321 e. The monoisotopic (exact) mass is 307 g/mol. The lowest BCUT2D eigenvalue weighted by atomic mass is 10.1. The average molecular weight is 307 g/mol. The van der Waals surface area contributed by atoms with Gasteiger partial charge in [-0.05, 0) is 54.8 Å².